The van der Waals surface area contributed by atoms with E-state index < -0.39 is 11.2 Å². The maximum Gasteiger partial charge on any atom is 0.328 e. The van der Waals surface area contributed by atoms with Crippen LogP contribution in [0.25, 0.3) is 0 Å². The van der Waals surface area contributed by atoms with Crippen LogP contribution in [0.5, 0.6) is 5.75 Å². The van der Waals surface area contributed by atoms with Crippen LogP contribution in [-0.2, 0) is 6.54 Å². The Morgan fingerprint density at radius 2 is 2.16 bits per heavy atom. The van der Waals surface area contributed by atoms with E-state index in [1.54, 1.807) is 18.2 Å². The highest BCUT2D eigenvalue weighted by Crippen LogP contribution is 2.19. The SMILES string of the molecule is COc1cc(Cn2ccc(=O)[nH]c2=O)ccc1C#N. The molecule has 0 saturated carbocycles. The van der Waals surface area contributed by atoms with Crippen molar-refractivity contribution in [2.75, 3.05) is 7.11 Å². The number of nitrogens with one attached hydrogen (secondary N) is 1. The van der Waals surface area contributed by atoms with Gasteiger partial charge in [-0.3, -0.25) is 14.3 Å². The Hall–Kier alpha value is -2.81. The monoisotopic (exact) mass is 257 g/mol. The van der Waals surface area contributed by atoms with Gasteiger partial charge in [-0.25, -0.2) is 4.79 Å². The number of aromatic amines is 1. The van der Waals surface area contributed by atoms with Gasteiger partial charge in [0.2, 0.25) is 0 Å². The molecule has 0 amide bonds. The van der Waals surface area contributed by atoms with E-state index in [0.29, 0.717) is 11.3 Å². The zero-order chi connectivity index (χ0) is 13.8. The van der Waals surface area contributed by atoms with Crippen LogP contribution in [0.15, 0.2) is 40.1 Å². The first-order chi connectivity index (χ1) is 9.13. The van der Waals surface area contributed by atoms with Crippen molar-refractivity contribution in [2.45, 2.75) is 6.54 Å². The van der Waals surface area contributed by atoms with Gasteiger partial charge in [-0.2, -0.15) is 5.26 Å². The van der Waals surface area contributed by atoms with Gasteiger partial charge in [0.1, 0.15) is 11.8 Å². The summed E-state index contributed by atoms with van der Waals surface area (Å²) >= 11 is 0. The molecule has 19 heavy (non-hydrogen) atoms. The molecule has 96 valence electrons. The molecule has 1 N–H and O–H groups in total. The minimum atomic E-state index is -0.476. The zero-order valence-corrected chi connectivity index (χ0v) is 10.2. The van der Waals surface area contributed by atoms with Crippen LogP contribution in [-0.4, -0.2) is 16.7 Å². The molecule has 2 rings (SSSR count). The van der Waals surface area contributed by atoms with Gasteiger partial charge in [0.05, 0.1) is 19.2 Å². The quantitative estimate of drug-likeness (QED) is 0.865. The van der Waals surface area contributed by atoms with Crippen LogP contribution in [0.1, 0.15) is 11.1 Å². The van der Waals surface area contributed by atoms with Crippen molar-refractivity contribution in [2.24, 2.45) is 0 Å². The molecule has 1 aromatic heterocycles. The predicted molar refractivity (Wildman–Crippen MR) is 68.1 cm³/mol. The maximum atomic E-state index is 11.5. The molecule has 2 aromatic rings. The van der Waals surface area contributed by atoms with E-state index >= 15 is 0 Å². The molecular weight excluding hydrogens is 246 g/mol. The number of rotatable bonds is 3. The van der Waals surface area contributed by atoms with Crippen molar-refractivity contribution >= 4 is 0 Å². The van der Waals surface area contributed by atoms with E-state index in [1.165, 1.54) is 23.9 Å². The summed E-state index contributed by atoms with van der Waals surface area (Å²) < 4.78 is 6.46. The van der Waals surface area contributed by atoms with Crippen LogP contribution in [0.2, 0.25) is 0 Å². The fourth-order valence-corrected chi connectivity index (χ4v) is 1.69. The minimum Gasteiger partial charge on any atom is -0.495 e. The lowest BCUT2D eigenvalue weighted by atomic mass is 10.1. The van der Waals surface area contributed by atoms with Crippen molar-refractivity contribution in [3.05, 3.63) is 62.4 Å². The molecule has 0 spiro atoms. The highest BCUT2D eigenvalue weighted by atomic mass is 16.5. The third kappa shape index (κ3) is 2.72. The van der Waals surface area contributed by atoms with Crippen LogP contribution in [0, 0.1) is 11.3 Å². The second kappa shape index (κ2) is 5.23. The average molecular weight is 257 g/mol. The second-order valence-electron chi connectivity index (χ2n) is 3.88. The number of benzene rings is 1. The van der Waals surface area contributed by atoms with Crippen LogP contribution >= 0.6 is 0 Å². The number of nitriles is 1. The Morgan fingerprint density at radius 3 is 2.79 bits per heavy atom. The number of ether oxygens (including phenoxy) is 1. The van der Waals surface area contributed by atoms with E-state index in [-0.39, 0.29) is 6.54 Å². The fourth-order valence-electron chi connectivity index (χ4n) is 1.69. The Morgan fingerprint density at radius 1 is 1.37 bits per heavy atom. The number of nitrogens with zero attached hydrogens (tertiary/aromatic N) is 2. The van der Waals surface area contributed by atoms with E-state index in [2.05, 4.69) is 4.98 Å². The number of methoxy groups -OCH3 is 1. The van der Waals surface area contributed by atoms with Crippen LogP contribution in [0.4, 0.5) is 0 Å². The van der Waals surface area contributed by atoms with Crippen molar-refractivity contribution in [3.8, 4) is 11.8 Å². The molecule has 0 bridgehead atoms. The van der Waals surface area contributed by atoms with Crippen LogP contribution in [0.3, 0.4) is 0 Å². The van der Waals surface area contributed by atoms with Gasteiger partial charge in [-0.05, 0) is 17.7 Å². The lowest BCUT2D eigenvalue weighted by Crippen LogP contribution is -2.28. The van der Waals surface area contributed by atoms with Gasteiger partial charge in [0.25, 0.3) is 5.56 Å². The normalized spacial score (nSPS) is 9.89. The average Bonchev–Trinajstić information content (AvgIpc) is 2.41. The summed E-state index contributed by atoms with van der Waals surface area (Å²) in [5, 5.41) is 8.88. The summed E-state index contributed by atoms with van der Waals surface area (Å²) in [5.74, 6) is 0.456. The standard InChI is InChI=1S/C13H11N3O3/c1-19-11-6-9(2-3-10(11)7-14)8-16-5-4-12(17)15-13(16)18/h2-6H,8H2,1H3,(H,15,17,18). The van der Waals surface area contributed by atoms with Crippen molar-refractivity contribution < 1.29 is 4.74 Å². The number of hydrogen-bond donors (Lipinski definition) is 1. The topological polar surface area (TPSA) is 87.9 Å². The number of H-pyrrole nitrogens is 1. The number of hydrogen-bond acceptors (Lipinski definition) is 4. The molecule has 6 nitrogen and oxygen atoms in total. The van der Waals surface area contributed by atoms with Gasteiger partial charge in [-0.15, -0.1) is 0 Å². The smallest absolute Gasteiger partial charge is 0.328 e. The molecule has 0 aliphatic rings. The molecular formula is C13H11N3O3. The Balaban J connectivity index is 2.36. The summed E-state index contributed by atoms with van der Waals surface area (Å²) in [5.41, 5.74) is 0.319. The first-order valence-electron chi connectivity index (χ1n) is 5.51. The van der Waals surface area contributed by atoms with E-state index in [9.17, 15) is 9.59 Å². The van der Waals surface area contributed by atoms with Gasteiger partial charge < -0.3 is 4.74 Å². The lowest BCUT2D eigenvalue weighted by molar-refractivity contribution is 0.412. The first kappa shape index (κ1) is 12.6. The summed E-state index contributed by atoms with van der Waals surface area (Å²) in [4.78, 5) is 24.7. The second-order valence-corrected chi connectivity index (χ2v) is 3.88. The van der Waals surface area contributed by atoms with Gasteiger partial charge in [-0.1, -0.05) is 6.07 Å². The molecule has 0 radical (unpaired) electrons. The third-order valence-electron chi connectivity index (χ3n) is 2.64. The Kier molecular flexibility index (Phi) is 3.48. The molecule has 1 heterocycles. The van der Waals surface area contributed by atoms with Gasteiger partial charge in [0, 0.05) is 12.3 Å². The molecule has 0 aliphatic carbocycles. The van der Waals surface area contributed by atoms with E-state index in [4.69, 9.17) is 10.00 Å². The van der Waals surface area contributed by atoms with Gasteiger partial charge >= 0.3 is 5.69 Å². The van der Waals surface area contributed by atoms with Gasteiger partial charge in [0.15, 0.2) is 0 Å². The largest absolute Gasteiger partial charge is 0.495 e. The zero-order valence-electron chi connectivity index (χ0n) is 10.2. The highest BCUT2D eigenvalue weighted by molar-refractivity contribution is 5.45. The predicted octanol–water partition coefficient (Wildman–Crippen LogP) is 0.465. The van der Waals surface area contributed by atoms with E-state index in [1.807, 2.05) is 6.07 Å². The van der Waals surface area contributed by atoms with Crippen molar-refractivity contribution in [1.29, 1.82) is 5.26 Å². The molecule has 6 heteroatoms. The molecule has 0 atom stereocenters. The number of aromatic nitrogens is 2. The highest BCUT2D eigenvalue weighted by Gasteiger charge is 2.05. The Labute approximate surface area is 108 Å². The molecule has 1 aromatic carbocycles. The summed E-state index contributed by atoms with van der Waals surface area (Å²) in [6.07, 6.45) is 1.42. The fraction of sp³-hybridized carbons (Fsp3) is 0.154. The summed E-state index contributed by atoms with van der Waals surface area (Å²) in [6, 6.07) is 8.35. The van der Waals surface area contributed by atoms with Crippen molar-refractivity contribution in [1.82, 2.24) is 9.55 Å². The van der Waals surface area contributed by atoms with Crippen LogP contribution < -0.4 is 16.0 Å². The Bertz CT molecular complexity index is 753. The summed E-state index contributed by atoms with van der Waals surface area (Å²) in [7, 11) is 1.48. The molecule has 0 unspecified atom stereocenters. The van der Waals surface area contributed by atoms with E-state index in [0.717, 1.165) is 5.56 Å². The molecule has 0 fully saturated rings. The van der Waals surface area contributed by atoms with Crippen molar-refractivity contribution in [3.63, 3.8) is 0 Å². The molecule has 0 saturated heterocycles. The minimum absolute atomic E-state index is 0.289. The molecule has 0 aliphatic heterocycles. The summed E-state index contributed by atoms with van der Waals surface area (Å²) in [6.45, 7) is 0.289. The third-order valence-corrected chi connectivity index (χ3v) is 2.64. The first-order valence-corrected chi connectivity index (χ1v) is 5.51. The maximum absolute atomic E-state index is 11.5. The lowest BCUT2D eigenvalue weighted by Gasteiger charge is -2.08.